The largest absolute Gasteiger partial charge is 0.433 e. The molecule has 0 spiro atoms. The van der Waals surface area contributed by atoms with E-state index in [0.717, 1.165) is 29.0 Å². The Morgan fingerprint density at radius 1 is 1.03 bits per heavy atom. The molecule has 1 amide bonds. The zero-order chi connectivity index (χ0) is 21.9. The van der Waals surface area contributed by atoms with Crippen molar-refractivity contribution < 1.29 is 18.0 Å². The average molecular weight is 431 g/mol. The molecule has 0 radical (unpaired) electrons. The molecule has 156 valence electrons. The number of halogens is 3. The van der Waals surface area contributed by atoms with Crippen molar-refractivity contribution in [2.45, 2.75) is 37.4 Å². The van der Waals surface area contributed by atoms with Gasteiger partial charge in [0, 0.05) is 11.3 Å². The fourth-order valence-corrected chi connectivity index (χ4v) is 3.50. The number of alkyl halides is 3. The number of hydrogen-bond acceptors (Lipinski definition) is 4. The van der Waals surface area contributed by atoms with Gasteiger partial charge in [-0.3, -0.25) is 4.79 Å². The summed E-state index contributed by atoms with van der Waals surface area (Å²) in [5.74, 6) is -0.337. The Morgan fingerprint density at radius 3 is 2.40 bits per heavy atom. The van der Waals surface area contributed by atoms with Gasteiger partial charge in [0.25, 0.3) is 0 Å². The summed E-state index contributed by atoms with van der Waals surface area (Å²) >= 11 is 0.886. The Bertz CT molecular complexity index is 1060. The number of carbonyl (C=O) groups excluding carboxylic acids is 1. The van der Waals surface area contributed by atoms with Crippen molar-refractivity contribution in [1.29, 1.82) is 0 Å². The Balaban J connectivity index is 1.86. The van der Waals surface area contributed by atoms with Gasteiger partial charge < -0.3 is 5.32 Å². The van der Waals surface area contributed by atoms with Gasteiger partial charge in [-0.1, -0.05) is 54.2 Å². The van der Waals surface area contributed by atoms with Gasteiger partial charge in [0.1, 0.15) is 5.69 Å². The lowest BCUT2D eigenvalue weighted by molar-refractivity contribution is -0.141. The smallest absolute Gasteiger partial charge is 0.325 e. The van der Waals surface area contributed by atoms with E-state index in [-0.39, 0.29) is 16.8 Å². The lowest BCUT2D eigenvalue weighted by atomic mass is 10.1. The fourth-order valence-electron chi connectivity index (χ4n) is 2.71. The van der Waals surface area contributed by atoms with Crippen LogP contribution in [0, 0.1) is 13.8 Å². The highest BCUT2D eigenvalue weighted by atomic mass is 32.2. The Morgan fingerprint density at radius 2 is 1.73 bits per heavy atom. The molecular weight excluding hydrogens is 411 g/mol. The van der Waals surface area contributed by atoms with Gasteiger partial charge in [-0.2, -0.15) is 13.2 Å². The SMILES string of the molecule is Cc1cccc(NC(=O)[C@H](C)Sc2nc(-c3ccccc3)cc(C(F)(F)F)n2)c1C. The lowest BCUT2D eigenvalue weighted by Gasteiger charge is -2.15. The highest BCUT2D eigenvalue weighted by Gasteiger charge is 2.34. The van der Waals surface area contributed by atoms with Crippen molar-refractivity contribution >= 4 is 23.4 Å². The standard InChI is InChI=1S/C22H20F3N3OS/c1-13-8-7-11-17(14(13)2)26-20(29)15(3)30-21-27-18(16-9-5-4-6-10-16)12-19(28-21)22(23,24)25/h4-12,15H,1-3H3,(H,26,29)/t15-/m0/s1. The van der Waals surface area contributed by atoms with Crippen LogP contribution in [0.15, 0.2) is 59.8 Å². The molecule has 1 atom stereocenters. The van der Waals surface area contributed by atoms with Crippen LogP contribution in [-0.4, -0.2) is 21.1 Å². The van der Waals surface area contributed by atoms with Gasteiger partial charge in [-0.25, -0.2) is 9.97 Å². The van der Waals surface area contributed by atoms with E-state index >= 15 is 0 Å². The summed E-state index contributed by atoms with van der Waals surface area (Å²) in [4.78, 5) is 20.5. The maximum atomic E-state index is 13.4. The van der Waals surface area contributed by atoms with E-state index in [1.165, 1.54) is 0 Å². The molecule has 0 aliphatic carbocycles. The number of nitrogens with one attached hydrogen (secondary N) is 1. The number of thioether (sulfide) groups is 1. The van der Waals surface area contributed by atoms with Crippen LogP contribution in [0.5, 0.6) is 0 Å². The van der Waals surface area contributed by atoms with Crippen LogP contribution in [0.2, 0.25) is 0 Å². The second-order valence-corrected chi connectivity index (χ2v) is 8.09. The van der Waals surface area contributed by atoms with Gasteiger partial charge in [-0.05, 0) is 44.0 Å². The molecule has 0 aliphatic heterocycles. The van der Waals surface area contributed by atoms with Crippen LogP contribution in [0.4, 0.5) is 18.9 Å². The summed E-state index contributed by atoms with van der Waals surface area (Å²) < 4.78 is 40.1. The number of benzene rings is 2. The molecule has 8 heteroatoms. The third kappa shape index (κ3) is 5.18. The van der Waals surface area contributed by atoms with E-state index in [1.54, 1.807) is 43.3 Å². The maximum absolute atomic E-state index is 13.4. The van der Waals surface area contributed by atoms with E-state index in [0.29, 0.717) is 11.3 Å². The predicted octanol–water partition coefficient (Wildman–Crippen LogP) is 5.90. The third-order valence-electron chi connectivity index (χ3n) is 4.58. The van der Waals surface area contributed by atoms with Crippen molar-refractivity contribution in [3.05, 3.63) is 71.4 Å². The fraction of sp³-hybridized carbons (Fsp3) is 0.227. The first-order valence-corrected chi connectivity index (χ1v) is 10.1. The highest BCUT2D eigenvalue weighted by Crippen LogP contribution is 2.33. The molecule has 0 unspecified atom stereocenters. The number of aromatic nitrogens is 2. The zero-order valence-corrected chi connectivity index (χ0v) is 17.4. The minimum absolute atomic E-state index is 0.104. The minimum Gasteiger partial charge on any atom is -0.325 e. The normalized spacial score (nSPS) is 12.5. The van der Waals surface area contributed by atoms with Crippen LogP contribution >= 0.6 is 11.8 Å². The summed E-state index contributed by atoms with van der Waals surface area (Å²) in [6, 6.07) is 15.0. The number of rotatable bonds is 5. The summed E-state index contributed by atoms with van der Waals surface area (Å²) in [6.45, 7) is 5.44. The second kappa shape index (κ2) is 8.87. The van der Waals surface area contributed by atoms with Crippen molar-refractivity contribution in [2.24, 2.45) is 0 Å². The van der Waals surface area contributed by atoms with E-state index in [4.69, 9.17) is 0 Å². The second-order valence-electron chi connectivity index (χ2n) is 6.78. The number of hydrogen-bond donors (Lipinski definition) is 1. The number of amides is 1. The van der Waals surface area contributed by atoms with Gasteiger partial charge in [0.05, 0.1) is 10.9 Å². The molecule has 30 heavy (non-hydrogen) atoms. The first-order valence-electron chi connectivity index (χ1n) is 9.20. The number of aryl methyl sites for hydroxylation is 1. The minimum atomic E-state index is -4.62. The first kappa shape index (κ1) is 21.8. The van der Waals surface area contributed by atoms with Crippen LogP contribution in [0.3, 0.4) is 0 Å². The Labute approximate surface area is 177 Å². The Kier molecular flexibility index (Phi) is 6.45. The number of nitrogens with zero attached hydrogens (tertiary/aromatic N) is 2. The molecule has 0 saturated carbocycles. The summed E-state index contributed by atoms with van der Waals surface area (Å²) in [6.07, 6.45) is -4.62. The molecule has 3 rings (SSSR count). The first-order chi connectivity index (χ1) is 14.1. The van der Waals surface area contributed by atoms with Crippen molar-refractivity contribution in [1.82, 2.24) is 9.97 Å². The van der Waals surface area contributed by atoms with E-state index in [9.17, 15) is 18.0 Å². The van der Waals surface area contributed by atoms with Crippen LogP contribution in [0.1, 0.15) is 23.7 Å². The monoisotopic (exact) mass is 431 g/mol. The van der Waals surface area contributed by atoms with Crippen molar-refractivity contribution in [3.63, 3.8) is 0 Å². The zero-order valence-electron chi connectivity index (χ0n) is 16.6. The maximum Gasteiger partial charge on any atom is 0.433 e. The van der Waals surface area contributed by atoms with Gasteiger partial charge in [0.15, 0.2) is 5.16 Å². The molecule has 1 N–H and O–H groups in total. The predicted molar refractivity (Wildman–Crippen MR) is 112 cm³/mol. The van der Waals surface area contributed by atoms with Gasteiger partial charge in [0.2, 0.25) is 5.91 Å². The molecule has 4 nitrogen and oxygen atoms in total. The van der Waals surface area contributed by atoms with Crippen LogP contribution in [0.25, 0.3) is 11.3 Å². The van der Waals surface area contributed by atoms with Crippen molar-refractivity contribution in [3.8, 4) is 11.3 Å². The number of anilines is 1. The average Bonchev–Trinajstić information content (AvgIpc) is 2.71. The quantitative estimate of drug-likeness (QED) is 0.404. The topological polar surface area (TPSA) is 54.9 Å². The van der Waals surface area contributed by atoms with Crippen molar-refractivity contribution in [2.75, 3.05) is 5.32 Å². The molecular formula is C22H20F3N3OS. The van der Waals surface area contributed by atoms with Crippen LogP contribution < -0.4 is 5.32 Å². The number of carbonyl (C=O) groups is 1. The molecule has 0 fully saturated rings. The molecule has 1 aromatic heterocycles. The molecule has 1 heterocycles. The summed E-state index contributed by atoms with van der Waals surface area (Å²) in [5.41, 5.74) is 2.29. The summed E-state index contributed by atoms with van der Waals surface area (Å²) in [7, 11) is 0. The van der Waals surface area contributed by atoms with E-state index in [2.05, 4.69) is 15.3 Å². The summed E-state index contributed by atoms with van der Waals surface area (Å²) in [5, 5.41) is 2.02. The Hall–Kier alpha value is -2.87. The lowest BCUT2D eigenvalue weighted by Crippen LogP contribution is -2.23. The molecule has 2 aromatic carbocycles. The molecule has 0 aliphatic rings. The molecule has 3 aromatic rings. The van der Waals surface area contributed by atoms with E-state index < -0.39 is 17.1 Å². The highest BCUT2D eigenvalue weighted by molar-refractivity contribution is 8.00. The van der Waals surface area contributed by atoms with Gasteiger partial charge in [-0.15, -0.1) is 0 Å². The molecule has 0 bridgehead atoms. The van der Waals surface area contributed by atoms with Crippen LogP contribution in [-0.2, 0) is 11.0 Å². The van der Waals surface area contributed by atoms with E-state index in [1.807, 2.05) is 26.0 Å². The van der Waals surface area contributed by atoms with Gasteiger partial charge >= 0.3 is 6.18 Å². The molecule has 0 saturated heterocycles. The third-order valence-corrected chi connectivity index (χ3v) is 5.54.